The summed E-state index contributed by atoms with van der Waals surface area (Å²) in [4.78, 5) is 4.49. The van der Waals surface area contributed by atoms with E-state index in [1.54, 1.807) is 0 Å². The lowest BCUT2D eigenvalue weighted by Gasteiger charge is -2.06. The van der Waals surface area contributed by atoms with Crippen LogP contribution in [0.3, 0.4) is 0 Å². The summed E-state index contributed by atoms with van der Waals surface area (Å²) in [6, 6.07) is 5.96. The molecule has 0 unspecified atom stereocenters. The molecule has 17 heavy (non-hydrogen) atoms. The summed E-state index contributed by atoms with van der Waals surface area (Å²) in [6.07, 6.45) is 1.71. The van der Waals surface area contributed by atoms with E-state index in [0.717, 1.165) is 41.4 Å². The second kappa shape index (κ2) is 4.57. The SMILES string of the molecule is CCc1nc(CC)n(-c2cc(C)cc(N)c2)n1. The zero-order valence-corrected chi connectivity index (χ0v) is 10.6. The standard InChI is InChI=1S/C13H18N4/c1-4-12-15-13(5-2)17(16-12)11-7-9(3)6-10(14)8-11/h6-8H,4-5,14H2,1-3H3. The molecular formula is C13H18N4. The van der Waals surface area contributed by atoms with E-state index in [1.165, 1.54) is 0 Å². The molecule has 4 nitrogen and oxygen atoms in total. The van der Waals surface area contributed by atoms with Gasteiger partial charge in [0.2, 0.25) is 0 Å². The summed E-state index contributed by atoms with van der Waals surface area (Å²) in [5, 5.41) is 4.50. The second-order valence-electron chi connectivity index (χ2n) is 4.17. The fraction of sp³-hybridized carbons (Fsp3) is 0.385. The molecule has 0 aliphatic heterocycles. The number of hydrogen-bond acceptors (Lipinski definition) is 3. The molecule has 2 N–H and O–H groups in total. The van der Waals surface area contributed by atoms with Crippen molar-refractivity contribution in [3.05, 3.63) is 35.4 Å². The summed E-state index contributed by atoms with van der Waals surface area (Å²) in [7, 11) is 0. The molecule has 2 aromatic rings. The van der Waals surface area contributed by atoms with Crippen LogP contribution in [0.2, 0.25) is 0 Å². The van der Waals surface area contributed by atoms with E-state index in [9.17, 15) is 0 Å². The van der Waals surface area contributed by atoms with Crippen molar-refractivity contribution in [3.63, 3.8) is 0 Å². The number of rotatable bonds is 3. The Hall–Kier alpha value is -1.84. The van der Waals surface area contributed by atoms with Crippen LogP contribution in [0, 0.1) is 6.92 Å². The Bertz CT molecular complexity index is 508. The summed E-state index contributed by atoms with van der Waals surface area (Å²) < 4.78 is 1.89. The Morgan fingerprint density at radius 3 is 2.53 bits per heavy atom. The van der Waals surface area contributed by atoms with Crippen molar-refractivity contribution in [2.24, 2.45) is 0 Å². The fourth-order valence-corrected chi connectivity index (χ4v) is 1.89. The molecule has 0 amide bonds. The van der Waals surface area contributed by atoms with E-state index in [-0.39, 0.29) is 0 Å². The average Bonchev–Trinajstić information content (AvgIpc) is 2.70. The Kier molecular flexibility index (Phi) is 3.13. The molecule has 0 radical (unpaired) electrons. The van der Waals surface area contributed by atoms with Crippen LogP contribution in [0.5, 0.6) is 0 Å². The summed E-state index contributed by atoms with van der Waals surface area (Å²) in [6.45, 7) is 6.17. The highest BCUT2D eigenvalue weighted by molar-refractivity contribution is 5.50. The third-order valence-electron chi connectivity index (χ3n) is 2.68. The minimum atomic E-state index is 0.760. The monoisotopic (exact) mass is 230 g/mol. The van der Waals surface area contributed by atoms with Gasteiger partial charge in [-0.3, -0.25) is 0 Å². The first-order valence-corrected chi connectivity index (χ1v) is 5.96. The topological polar surface area (TPSA) is 56.7 Å². The highest BCUT2D eigenvalue weighted by Crippen LogP contribution is 2.17. The third kappa shape index (κ3) is 2.30. The van der Waals surface area contributed by atoms with Crippen molar-refractivity contribution in [1.82, 2.24) is 14.8 Å². The van der Waals surface area contributed by atoms with Crippen molar-refractivity contribution in [2.45, 2.75) is 33.6 Å². The number of hydrogen-bond donors (Lipinski definition) is 1. The molecule has 4 heteroatoms. The molecule has 0 aliphatic carbocycles. The number of nitrogens with zero attached hydrogens (tertiary/aromatic N) is 3. The first-order chi connectivity index (χ1) is 8.13. The first kappa shape index (κ1) is 11.6. The predicted octanol–water partition coefficient (Wildman–Crippen LogP) is 2.28. The van der Waals surface area contributed by atoms with Gasteiger partial charge in [-0.2, -0.15) is 5.10 Å². The molecule has 0 bridgehead atoms. The van der Waals surface area contributed by atoms with Gasteiger partial charge < -0.3 is 5.73 Å². The molecule has 0 saturated heterocycles. The predicted molar refractivity (Wildman–Crippen MR) is 69.3 cm³/mol. The Labute approximate surface area is 101 Å². The van der Waals surface area contributed by atoms with Crippen LogP contribution < -0.4 is 5.73 Å². The van der Waals surface area contributed by atoms with Gasteiger partial charge >= 0.3 is 0 Å². The molecule has 0 saturated carbocycles. The number of aryl methyl sites for hydroxylation is 3. The largest absolute Gasteiger partial charge is 0.399 e. The van der Waals surface area contributed by atoms with E-state index in [2.05, 4.69) is 30.0 Å². The van der Waals surface area contributed by atoms with Gasteiger partial charge in [0.05, 0.1) is 5.69 Å². The number of nitrogen functional groups attached to an aromatic ring is 1. The highest BCUT2D eigenvalue weighted by Gasteiger charge is 2.09. The number of aromatic nitrogens is 3. The third-order valence-corrected chi connectivity index (χ3v) is 2.68. The quantitative estimate of drug-likeness (QED) is 0.823. The molecular weight excluding hydrogens is 212 g/mol. The van der Waals surface area contributed by atoms with E-state index < -0.39 is 0 Å². The van der Waals surface area contributed by atoms with Crippen LogP contribution in [0.15, 0.2) is 18.2 Å². The van der Waals surface area contributed by atoms with E-state index in [1.807, 2.05) is 23.7 Å². The number of anilines is 1. The smallest absolute Gasteiger partial charge is 0.151 e. The van der Waals surface area contributed by atoms with Gasteiger partial charge in [-0.15, -0.1) is 0 Å². The van der Waals surface area contributed by atoms with Gasteiger partial charge in [0.15, 0.2) is 5.82 Å². The first-order valence-electron chi connectivity index (χ1n) is 5.96. The van der Waals surface area contributed by atoms with Crippen molar-refractivity contribution >= 4 is 5.69 Å². The molecule has 1 heterocycles. The zero-order valence-electron chi connectivity index (χ0n) is 10.6. The molecule has 1 aromatic carbocycles. The van der Waals surface area contributed by atoms with Gasteiger partial charge in [0.1, 0.15) is 5.82 Å². The van der Waals surface area contributed by atoms with E-state index >= 15 is 0 Å². The van der Waals surface area contributed by atoms with Crippen molar-refractivity contribution in [1.29, 1.82) is 0 Å². The highest BCUT2D eigenvalue weighted by atomic mass is 15.3. The lowest BCUT2D eigenvalue weighted by atomic mass is 10.2. The molecule has 90 valence electrons. The Morgan fingerprint density at radius 1 is 1.18 bits per heavy atom. The average molecular weight is 230 g/mol. The molecule has 1 aromatic heterocycles. The van der Waals surface area contributed by atoms with Crippen LogP contribution in [-0.2, 0) is 12.8 Å². The second-order valence-corrected chi connectivity index (χ2v) is 4.17. The van der Waals surface area contributed by atoms with Gasteiger partial charge in [0.25, 0.3) is 0 Å². The van der Waals surface area contributed by atoms with Crippen molar-refractivity contribution in [2.75, 3.05) is 5.73 Å². The van der Waals surface area contributed by atoms with Gasteiger partial charge in [-0.1, -0.05) is 13.8 Å². The Balaban J connectivity index is 2.54. The van der Waals surface area contributed by atoms with Gasteiger partial charge in [-0.25, -0.2) is 9.67 Å². The number of nitrogens with two attached hydrogens (primary N) is 1. The zero-order chi connectivity index (χ0) is 12.4. The normalized spacial score (nSPS) is 10.8. The molecule has 0 fully saturated rings. The molecule has 0 atom stereocenters. The lowest BCUT2D eigenvalue weighted by molar-refractivity contribution is 0.790. The summed E-state index contributed by atoms with van der Waals surface area (Å²) in [5.74, 6) is 1.86. The van der Waals surface area contributed by atoms with Crippen LogP contribution in [0.25, 0.3) is 5.69 Å². The van der Waals surface area contributed by atoms with Gasteiger partial charge in [0, 0.05) is 18.5 Å². The van der Waals surface area contributed by atoms with Crippen LogP contribution in [0.1, 0.15) is 31.1 Å². The molecule has 0 aliphatic rings. The van der Waals surface area contributed by atoms with Crippen molar-refractivity contribution in [3.8, 4) is 5.69 Å². The maximum absolute atomic E-state index is 5.87. The summed E-state index contributed by atoms with van der Waals surface area (Å²) in [5.41, 5.74) is 8.75. The maximum atomic E-state index is 5.87. The molecule has 0 spiro atoms. The van der Waals surface area contributed by atoms with Crippen LogP contribution >= 0.6 is 0 Å². The Morgan fingerprint density at radius 2 is 1.94 bits per heavy atom. The van der Waals surface area contributed by atoms with Crippen molar-refractivity contribution < 1.29 is 0 Å². The summed E-state index contributed by atoms with van der Waals surface area (Å²) >= 11 is 0. The lowest BCUT2D eigenvalue weighted by Crippen LogP contribution is -2.03. The maximum Gasteiger partial charge on any atom is 0.151 e. The van der Waals surface area contributed by atoms with E-state index in [4.69, 9.17) is 5.73 Å². The molecule has 2 rings (SSSR count). The van der Waals surface area contributed by atoms with Crippen LogP contribution in [-0.4, -0.2) is 14.8 Å². The fourth-order valence-electron chi connectivity index (χ4n) is 1.89. The van der Waals surface area contributed by atoms with Gasteiger partial charge in [-0.05, 0) is 30.7 Å². The minimum Gasteiger partial charge on any atom is -0.399 e. The number of benzene rings is 1. The van der Waals surface area contributed by atoms with Crippen LogP contribution in [0.4, 0.5) is 5.69 Å². The van der Waals surface area contributed by atoms with E-state index in [0.29, 0.717) is 0 Å². The minimum absolute atomic E-state index is 0.760.